The Labute approximate surface area is 97.5 Å². The van der Waals surface area contributed by atoms with E-state index in [9.17, 15) is 18.5 Å². The van der Waals surface area contributed by atoms with Crippen molar-refractivity contribution in [2.24, 2.45) is 0 Å². The fraction of sp³-hybridized carbons (Fsp3) is 0.500. The molecule has 1 rings (SSSR count). The van der Waals surface area contributed by atoms with Crippen LogP contribution in [0.25, 0.3) is 0 Å². The number of nitrogens with zero attached hydrogens (tertiary/aromatic N) is 1. The number of nitrogens with one attached hydrogen (secondary N) is 1. The van der Waals surface area contributed by atoms with Gasteiger partial charge in [0.15, 0.2) is 0 Å². The second-order valence-electron chi connectivity index (χ2n) is 3.48. The van der Waals surface area contributed by atoms with Crippen LogP contribution in [0.3, 0.4) is 0 Å². The van der Waals surface area contributed by atoms with Crippen molar-refractivity contribution in [1.29, 1.82) is 0 Å². The zero-order valence-electron chi connectivity index (χ0n) is 8.74. The lowest BCUT2D eigenvalue weighted by molar-refractivity contribution is -0.562. The number of allylic oxidation sites excluding steroid dienone is 2. The van der Waals surface area contributed by atoms with Crippen molar-refractivity contribution in [2.45, 2.75) is 12.1 Å². The Morgan fingerprint density at radius 1 is 1.59 bits per heavy atom. The second-order valence-corrected chi connectivity index (χ2v) is 4.95. The van der Waals surface area contributed by atoms with E-state index in [1.807, 2.05) is 0 Å². The molecular weight excluding hydrogens is 252 g/mol. The van der Waals surface area contributed by atoms with Gasteiger partial charge in [0.25, 0.3) is 15.8 Å². The molecule has 1 unspecified atom stereocenters. The van der Waals surface area contributed by atoms with E-state index in [4.69, 9.17) is 9.66 Å². The van der Waals surface area contributed by atoms with Gasteiger partial charge in [0, 0.05) is 17.5 Å². The molecule has 1 aliphatic carbocycles. The van der Waals surface area contributed by atoms with Gasteiger partial charge < -0.3 is 5.11 Å². The maximum Gasteiger partial charge on any atom is 0.299 e. The van der Waals surface area contributed by atoms with Crippen LogP contribution in [0, 0.1) is 10.1 Å². The summed E-state index contributed by atoms with van der Waals surface area (Å²) < 4.78 is 30.7. The number of aliphatic hydroxyl groups excluding tert-OH is 1. The highest BCUT2D eigenvalue weighted by molar-refractivity contribution is 7.89. The standard InChI is InChI=1S/C8H12N2O6S/c11-5-4-9-8(10(12)13)3-1-2-7(6-8)17(14,15)16/h1-3,9,11H,4-6H2,(H,14,15,16). The first-order chi connectivity index (χ1) is 7.82. The molecule has 0 aliphatic heterocycles. The average Bonchev–Trinajstić information content (AvgIpc) is 2.25. The molecule has 3 N–H and O–H groups in total. The highest BCUT2D eigenvalue weighted by Gasteiger charge is 2.44. The molecule has 0 bridgehead atoms. The van der Waals surface area contributed by atoms with Crippen LogP contribution in [0.5, 0.6) is 0 Å². The smallest absolute Gasteiger partial charge is 0.299 e. The molecule has 0 aromatic heterocycles. The van der Waals surface area contributed by atoms with E-state index in [1.165, 1.54) is 12.2 Å². The van der Waals surface area contributed by atoms with Crippen molar-refractivity contribution in [1.82, 2.24) is 5.32 Å². The minimum Gasteiger partial charge on any atom is -0.395 e. The topological polar surface area (TPSA) is 130 Å². The van der Waals surface area contributed by atoms with Gasteiger partial charge >= 0.3 is 0 Å². The van der Waals surface area contributed by atoms with Gasteiger partial charge in [-0.1, -0.05) is 6.08 Å². The summed E-state index contributed by atoms with van der Waals surface area (Å²) in [5.74, 6) is 0. The lowest BCUT2D eigenvalue weighted by atomic mass is 10.0. The van der Waals surface area contributed by atoms with Crippen LogP contribution in [0.15, 0.2) is 23.1 Å². The summed E-state index contributed by atoms with van der Waals surface area (Å²) in [6.07, 6.45) is 2.95. The highest BCUT2D eigenvalue weighted by Crippen LogP contribution is 2.26. The van der Waals surface area contributed by atoms with Crippen molar-refractivity contribution in [3.05, 3.63) is 33.2 Å². The summed E-state index contributed by atoms with van der Waals surface area (Å²) in [4.78, 5) is 9.82. The first-order valence-corrected chi connectivity index (χ1v) is 6.12. The third kappa shape index (κ3) is 3.09. The summed E-state index contributed by atoms with van der Waals surface area (Å²) in [5.41, 5.74) is -1.82. The average molecular weight is 264 g/mol. The summed E-state index contributed by atoms with van der Waals surface area (Å²) in [5, 5.41) is 22.0. The number of rotatable bonds is 5. The normalized spacial score (nSPS) is 24.5. The van der Waals surface area contributed by atoms with E-state index in [0.29, 0.717) is 0 Å². The van der Waals surface area contributed by atoms with Crippen LogP contribution in [-0.4, -0.2) is 41.8 Å². The van der Waals surface area contributed by atoms with Gasteiger partial charge in [-0.2, -0.15) is 8.42 Å². The van der Waals surface area contributed by atoms with Crippen LogP contribution in [-0.2, 0) is 10.1 Å². The molecule has 9 heteroatoms. The maximum absolute atomic E-state index is 11.0. The minimum atomic E-state index is -4.45. The molecule has 0 aromatic rings. The Balaban J connectivity index is 3.02. The monoisotopic (exact) mass is 264 g/mol. The van der Waals surface area contributed by atoms with Gasteiger partial charge in [-0.05, 0) is 6.08 Å². The molecule has 0 saturated heterocycles. The highest BCUT2D eigenvalue weighted by atomic mass is 32.2. The van der Waals surface area contributed by atoms with Crippen LogP contribution in [0.1, 0.15) is 6.42 Å². The number of hydrogen-bond donors (Lipinski definition) is 3. The quantitative estimate of drug-likeness (QED) is 0.258. The van der Waals surface area contributed by atoms with Crippen molar-refractivity contribution < 1.29 is 23.0 Å². The Kier molecular flexibility index (Phi) is 3.98. The minimum absolute atomic E-state index is 0.0654. The molecule has 0 aromatic carbocycles. The van der Waals surface area contributed by atoms with E-state index in [-0.39, 0.29) is 13.2 Å². The zero-order valence-corrected chi connectivity index (χ0v) is 9.55. The van der Waals surface area contributed by atoms with E-state index in [0.717, 1.165) is 6.08 Å². The first kappa shape index (κ1) is 13.8. The molecule has 1 atom stereocenters. The molecule has 8 nitrogen and oxygen atoms in total. The lowest BCUT2D eigenvalue weighted by Crippen LogP contribution is -2.52. The van der Waals surface area contributed by atoms with Crippen LogP contribution in [0.2, 0.25) is 0 Å². The summed E-state index contributed by atoms with van der Waals surface area (Å²) in [6, 6.07) is 0. The van der Waals surface area contributed by atoms with Gasteiger partial charge in [-0.15, -0.1) is 0 Å². The van der Waals surface area contributed by atoms with E-state index in [2.05, 4.69) is 5.32 Å². The molecule has 0 amide bonds. The van der Waals surface area contributed by atoms with Crippen LogP contribution >= 0.6 is 0 Å². The molecule has 0 fully saturated rings. The van der Waals surface area contributed by atoms with Gasteiger partial charge in [-0.3, -0.25) is 14.7 Å². The van der Waals surface area contributed by atoms with Gasteiger partial charge in [0.2, 0.25) is 0 Å². The number of aliphatic hydroxyl groups is 1. The van der Waals surface area contributed by atoms with Gasteiger partial charge in [0.05, 0.1) is 17.9 Å². The molecule has 0 spiro atoms. The SMILES string of the molecule is O=[N+]([O-])C1(NCCO)C=CC=C(S(=O)(=O)O)C1. The molecular formula is C8H12N2O6S. The molecule has 0 heterocycles. The zero-order chi connectivity index (χ0) is 13.1. The van der Waals surface area contributed by atoms with E-state index >= 15 is 0 Å². The third-order valence-electron chi connectivity index (χ3n) is 2.30. The van der Waals surface area contributed by atoms with Crippen LogP contribution < -0.4 is 5.32 Å². The van der Waals surface area contributed by atoms with Crippen molar-refractivity contribution in [3.63, 3.8) is 0 Å². The summed E-state index contributed by atoms with van der Waals surface area (Å²) in [6.45, 7) is -0.390. The van der Waals surface area contributed by atoms with Crippen LogP contribution in [0.4, 0.5) is 0 Å². The van der Waals surface area contributed by atoms with Crippen molar-refractivity contribution in [3.8, 4) is 0 Å². The molecule has 0 saturated carbocycles. The van der Waals surface area contributed by atoms with Gasteiger partial charge in [0.1, 0.15) is 0 Å². The Morgan fingerprint density at radius 3 is 2.71 bits per heavy atom. The largest absolute Gasteiger partial charge is 0.395 e. The fourth-order valence-electron chi connectivity index (χ4n) is 1.46. The number of hydrogen-bond acceptors (Lipinski definition) is 6. The van der Waals surface area contributed by atoms with Crippen molar-refractivity contribution >= 4 is 10.1 Å². The molecule has 17 heavy (non-hydrogen) atoms. The molecule has 1 aliphatic rings. The molecule has 96 valence electrons. The fourth-order valence-corrected chi connectivity index (χ4v) is 2.11. The number of nitro groups is 1. The molecule has 0 radical (unpaired) electrons. The van der Waals surface area contributed by atoms with Gasteiger partial charge in [-0.25, -0.2) is 5.32 Å². The van der Waals surface area contributed by atoms with Crippen molar-refractivity contribution in [2.75, 3.05) is 13.2 Å². The van der Waals surface area contributed by atoms with E-state index < -0.39 is 32.0 Å². The maximum atomic E-state index is 11.0. The third-order valence-corrected chi connectivity index (χ3v) is 3.24. The lowest BCUT2D eigenvalue weighted by Gasteiger charge is -2.25. The predicted molar refractivity (Wildman–Crippen MR) is 58.2 cm³/mol. The summed E-state index contributed by atoms with van der Waals surface area (Å²) >= 11 is 0. The Morgan fingerprint density at radius 2 is 2.24 bits per heavy atom. The van der Waals surface area contributed by atoms with E-state index in [1.54, 1.807) is 0 Å². The summed E-state index contributed by atoms with van der Waals surface area (Å²) in [7, 11) is -4.45. The Hall–Kier alpha value is -1.29. The first-order valence-electron chi connectivity index (χ1n) is 4.68. The Bertz CT molecular complexity index is 468. The predicted octanol–water partition coefficient (Wildman–Crippen LogP) is -0.727. The second kappa shape index (κ2) is 4.92.